The molecule has 3 heteroatoms. The number of amides is 1. The van der Waals surface area contributed by atoms with Crippen LogP contribution in [-0.4, -0.2) is 12.0 Å². The zero-order valence-corrected chi connectivity index (χ0v) is 13.4. The second-order valence-corrected chi connectivity index (χ2v) is 5.46. The number of hydrogen-bond acceptors (Lipinski definition) is 2. The Balaban J connectivity index is 1.95. The molecule has 1 atom stereocenters. The molecule has 22 heavy (non-hydrogen) atoms. The van der Waals surface area contributed by atoms with Crippen LogP contribution in [0, 0.1) is 6.92 Å². The SMILES string of the molecule is CCCc1ccc(OC(C)C(=O)Nc2ccccc2C)cc1. The average molecular weight is 297 g/mol. The minimum Gasteiger partial charge on any atom is -0.481 e. The first kappa shape index (κ1) is 16.1. The molecule has 0 heterocycles. The van der Waals surface area contributed by atoms with Crippen LogP contribution >= 0.6 is 0 Å². The number of rotatable bonds is 6. The van der Waals surface area contributed by atoms with E-state index in [4.69, 9.17) is 4.74 Å². The second kappa shape index (κ2) is 7.64. The van der Waals surface area contributed by atoms with Gasteiger partial charge < -0.3 is 10.1 Å². The summed E-state index contributed by atoms with van der Waals surface area (Å²) < 4.78 is 5.71. The van der Waals surface area contributed by atoms with Gasteiger partial charge in [0.1, 0.15) is 5.75 Å². The Kier molecular flexibility index (Phi) is 5.59. The topological polar surface area (TPSA) is 38.3 Å². The van der Waals surface area contributed by atoms with Crippen molar-refractivity contribution in [2.75, 3.05) is 5.32 Å². The molecule has 1 N–H and O–H groups in total. The lowest BCUT2D eigenvalue weighted by molar-refractivity contribution is -0.122. The van der Waals surface area contributed by atoms with Crippen molar-refractivity contribution in [3.05, 3.63) is 59.7 Å². The highest BCUT2D eigenvalue weighted by Crippen LogP contribution is 2.17. The van der Waals surface area contributed by atoms with Crippen LogP contribution in [0.25, 0.3) is 0 Å². The van der Waals surface area contributed by atoms with Crippen molar-refractivity contribution in [2.45, 2.75) is 39.7 Å². The number of para-hydroxylation sites is 1. The van der Waals surface area contributed by atoms with Gasteiger partial charge in [-0.15, -0.1) is 0 Å². The van der Waals surface area contributed by atoms with Crippen LogP contribution in [0.4, 0.5) is 5.69 Å². The van der Waals surface area contributed by atoms with Gasteiger partial charge in [-0.2, -0.15) is 0 Å². The molecule has 1 unspecified atom stereocenters. The molecule has 0 fully saturated rings. The fraction of sp³-hybridized carbons (Fsp3) is 0.316. The summed E-state index contributed by atoms with van der Waals surface area (Å²) in [4.78, 5) is 12.2. The predicted molar refractivity (Wildman–Crippen MR) is 90.3 cm³/mol. The van der Waals surface area contributed by atoms with E-state index in [0.29, 0.717) is 5.75 Å². The highest BCUT2D eigenvalue weighted by molar-refractivity contribution is 5.94. The first-order chi connectivity index (χ1) is 10.6. The van der Waals surface area contributed by atoms with E-state index in [2.05, 4.69) is 12.2 Å². The number of carbonyl (C=O) groups is 1. The van der Waals surface area contributed by atoms with Gasteiger partial charge in [0.25, 0.3) is 5.91 Å². The number of ether oxygens (including phenoxy) is 1. The summed E-state index contributed by atoms with van der Waals surface area (Å²) >= 11 is 0. The molecular formula is C19H23NO2. The zero-order valence-electron chi connectivity index (χ0n) is 13.4. The van der Waals surface area contributed by atoms with Crippen LogP contribution in [0.5, 0.6) is 5.75 Å². The second-order valence-electron chi connectivity index (χ2n) is 5.46. The third-order valence-corrected chi connectivity index (χ3v) is 3.55. The third kappa shape index (κ3) is 4.35. The summed E-state index contributed by atoms with van der Waals surface area (Å²) in [6.45, 7) is 5.88. The van der Waals surface area contributed by atoms with Crippen LogP contribution in [0.2, 0.25) is 0 Å². The van der Waals surface area contributed by atoms with Gasteiger partial charge in [0.15, 0.2) is 6.10 Å². The molecule has 0 spiro atoms. The van der Waals surface area contributed by atoms with Gasteiger partial charge in [-0.05, 0) is 49.6 Å². The summed E-state index contributed by atoms with van der Waals surface area (Å²) in [7, 11) is 0. The smallest absolute Gasteiger partial charge is 0.265 e. The van der Waals surface area contributed by atoms with Gasteiger partial charge in [0.05, 0.1) is 0 Å². The van der Waals surface area contributed by atoms with E-state index >= 15 is 0 Å². The Morgan fingerprint density at radius 1 is 1.14 bits per heavy atom. The summed E-state index contributed by atoms with van der Waals surface area (Å²) in [6, 6.07) is 15.6. The van der Waals surface area contributed by atoms with Gasteiger partial charge in [0.2, 0.25) is 0 Å². The zero-order chi connectivity index (χ0) is 15.9. The van der Waals surface area contributed by atoms with Gasteiger partial charge >= 0.3 is 0 Å². The Morgan fingerprint density at radius 3 is 2.45 bits per heavy atom. The number of carbonyl (C=O) groups excluding carboxylic acids is 1. The van der Waals surface area contributed by atoms with Crippen molar-refractivity contribution >= 4 is 11.6 Å². The quantitative estimate of drug-likeness (QED) is 0.860. The molecule has 0 aliphatic heterocycles. The molecule has 0 radical (unpaired) electrons. The van der Waals surface area contributed by atoms with Gasteiger partial charge in [0, 0.05) is 5.69 Å². The highest BCUT2D eigenvalue weighted by Gasteiger charge is 2.15. The molecule has 116 valence electrons. The van der Waals surface area contributed by atoms with E-state index < -0.39 is 6.10 Å². The van der Waals surface area contributed by atoms with Crippen LogP contribution in [0.15, 0.2) is 48.5 Å². The first-order valence-electron chi connectivity index (χ1n) is 7.72. The Bertz CT molecular complexity index is 620. The standard InChI is InChI=1S/C19H23NO2/c1-4-7-16-10-12-17(13-11-16)22-15(3)19(21)20-18-9-6-5-8-14(18)2/h5-6,8-13,15H,4,7H2,1-3H3,(H,20,21). The maximum absolute atomic E-state index is 12.2. The average Bonchev–Trinajstić information content (AvgIpc) is 2.51. The number of benzene rings is 2. The molecule has 2 rings (SSSR count). The maximum Gasteiger partial charge on any atom is 0.265 e. The van der Waals surface area contributed by atoms with Crippen LogP contribution in [0.1, 0.15) is 31.4 Å². The van der Waals surface area contributed by atoms with Crippen LogP contribution < -0.4 is 10.1 Å². The molecule has 0 bridgehead atoms. The first-order valence-corrected chi connectivity index (χ1v) is 7.72. The summed E-state index contributed by atoms with van der Waals surface area (Å²) in [6.07, 6.45) is 1.63. The molecular weight excluding hydrogens is 274 g/mol. The van der Waals surface area contributed by atoms with Crippen LogP contribution in [-0.2, 0) is 11.2 Å². The predicted octanol–water partition coefficient (Wildman–Crippen LogP) is 4.35. The fourth-order valence-electron chi connectivity index (χ4n) is 2.23. The largest absolute Gasteiger partial charge is 0.481 e. The van der Waals surface area contributed by atoms with E-state index in [1.807, 2.05) is 55.5 Å². The van der Waals surface area contributed by atoms with Crippen molar-refractivity contribution in [2.24, 2.45) is 0 Å². The number of anilines is 1. The molecule has 0 saturated carbocycles. The Morgan fingerprint density at radius 2 is 1.82 bits per heavy atom. The van der Waals surface area contributed by atoms with Gasteiger partial charge in [-0.3, -0.25) is 4.79 Å². The van der Waals surface area contributed by atoms with Crippen LogP contribution in [0.3, 0.4) is 0 Å². The van der Waals surface area contributed by atoms with Crippen molar-refractivity contribution in [1.82, 2.24) is 0 Å². The number of aryl methyl sites for hydroxylation is 2. The molecule has 2 aromatic rings. The molecule has 3 nitrogen and oxygen atoms in total. The third-order valence-electron chi connectivity index (χ3n) is 3.55. The van der Waals surface area contributed by atoms with Gasteiger partial charge in [-0.1, -0.05) is 43.7 Å². The van der Waals surface area contributed by atoms with Crippen molar-refractivity contribution in [3.63, 3.8) is 0 Å². The Hall–Kier alpha value is -2.29. The molecule has 2 aromatic carbocycles. The van der Waals surface area contributed by atoms with E-state index in [1.54, 1.807) is 6.92 Å². The number of nitrogens with one attached hydrogen (secondary N) is 1. The fourth-order valence-corrected chi connectivity index (χ4v) is 2.23. The van der Waals surface area contributed by atoms with E-state index in [-0.39, 0.29) is 5.91 Å². The summed E-state index contributed by atoms with van der Waals surface area (Å²) in [5.74, 6) is 0.569. The molecule has 1 amide bonds. The summed E-state index contributed by atoms with van der Waals surface area (Å²) in [5.41, 5.74) is 3.14. The highest BCUT2D eigenvalue weighted by atomic mass is 16.5. The monoisotopic (exact) mass is 297 g/mol. The lowest BCUT2D eigenvalue weighted by Crippen LogP contribution is -2.30. The summed E-state index contributed by atoms with van der Waals surface area (Å²) in [5, 5.41) is 2.90. The lowest BCUT2D eigenvalue weighted by atomic mass is 10.1. The molecule has 0 aliphatic rings. The van der Waals surface area contributed by atoms with Crippen molar-refractivity contribution in [1.29, 1.82) is 0 Å². The minimum absolute atomic E-state index is 0.146. The van der Waals surface area contributed by atoms with E-state index in [9.17, 15) is 4.79 Å². The molecule has 0 aliphatic carbocycles. The Labute approximate surface area is 132 Å². The minimum atomic E-state index is -0.545. The normalized spacial score (nSPS) is 11.8. The van der Waals surface area contributed by atoms with Crippen molar-refractivity contribution < 1.29 is 9.53 Å². The van der Waals surface area contributed by atoms with E-state index in [1.165, 1.54) is 5.56 Å². The van der Waals surface area contributed by atoms with Gasteiger partial charge in [-0.25, -0.2) is 0 Å². The number of hydrogen-bond donors (Lipinski definition) is 1. The molecule has 0 saturated heterocycles. The van der Waals surface area contributed by atoms with Crippen molar-refractivity contribution in [3.8, 4) is 5.75 Å². The lowest BCUT2D eigenvalue weighted by Gasteiger charge is -2.16. The van der Waals surface area contributed by atoms with E-state index in [0.717, 1.165) is 24.1 Å². The maximum atomic E-state index is 12.2. The molecule has 0 aromatic heterocycles.